The minimum absolute atomic E-state index is 0.0310. The maximum atomic E-state index is 8.87. The third kappa shape index (κ3) is 11.8. The van der Waals surface area contributed by atoms with Crippen LogP contribution in [0, 0.1) is 5.41 Å². The first kappa shape index (κ1) is 17.3. The Kier molecular flexibility index (Phi) is 11.0. The Bertz CT molecular complexity index is 234. The molecule has 0 saturated carbocycles. The topological polar surface area (TPSA) is 47.9 Å². The smallest absolute Gasteiger partial charge is 0.147 e. The summed E-state index contributed by atoms with van der Waals surface area (Å²) in [5.41, 5.74) is 0.0310. The van der Waals surface area contributed by atoms with Crippen molar-refractivity contribution in [3.8, 4) is 0 Å². The van der Waals surface area contributed by atoms with E-state index in [1.165, 1.54) is 0 Å². The molecule has 0 radical (unpaired) electrons. The zero-order valence-electron chi connectivity index (χ0n) is 11.7. The second-order valence-corrected chi connectivity index (χ2v) is 4.64. The number of allylic oxidation sites excluding steroid dienone is 3. The number of aliphatic hydroxyl groups excluding tert-OH is 1. The summed E-state index contributed by atoms with van der Waals surface area (Å²) in [5.74, 6) is 0. The van der Waals surface area contributed by atoms with Gasteiger partial charge in [0.05, 0.1) is 19.8 Å². The van der Waals surface area contributed by atoms with Gasteiger partial charge in [0.25, 0.3) is 0 Å². The fourth-order valence-corrected chi connectivity index (χ4v) is 1.20. The second kappa shape index (κ2) is 11.4. The molecule has 0 saturated heterocycles. The summed E-state index contributed by atoms with van der Waals surface area (Å²) >= 11 is 0. The molecule has 0 aliphatic carbocycles. The van der Waals surface area contributed by atoms with Gasteiger partial charge in [0.2, 0.25) is 0 Å². The number of aliphatic hydroxyl groups is 1. The van der Waals surface area contributed by atoms with Gasteiger partial charge in [-0.15, -0.1) is 0 Å². The third-order valence-electron chi connectivity index (χ3n) is 2.36. The summed E-state index contributed by atoms with van der Waals surface area (Å²) in [6, 6.07) is 0. The first-order chi connectivity index (χ1) is 8.62. The Hall–Kier alpha value is -0.680. The van der Waals surface area contributed by atoms with Gasteiger partial charge >= 0.3 is 0 Å². The fraction of sp³-hybridized carbons (Fsp3) is 0.714. The summed E-state index contributed by atoms with van der Waals surface area (Å²) in [4.78, 5) is 0. The van der Waals surface area contributed by atoms with Crippen LogP contribution in [0.25, 0.3) is 0 Å². The van der Waals surface area contributed by atoms with E-state index in [2.05, 4.69) is 19.9 Å². The molecule has 4 nitrogen and oxygen atoms in total. The minimum atomic E-state index is 0.0310. The quantitative estimate of drug-likeness (QED) is 0.350. The largest absolute Gasteiger partial charge is 0.396 e. The molecule has 0 spiro atoms. The highest BCUT2D eigenvalue weighted by atomic mass is 16.7. The Morgan fingerprint density at radius 1 is 1.11 bits per heavy atom. The van der Waals surface area contributed by atoms with Crippen molar-refractivity contribution in [3.63, 3.8) is 0 Å². The fourth-order valence-electron chi connectivity index (χ4n) is 1.20. The average Bonchev–Trinajstić information content (AvgIpc) is 2.31. The SMILES string of the molecule is COCCOCOC/C=C/C=C/C(C)(C)CCO. The van der Waals surface area contributed by atoms with Crippen molar-refractivity contribution in [1.29, 1.82) is 0 Å². The lowest BCUT2D eigenvalue weighted by atomic mass is 9.89. The summed E-state index contributed by atoms with van der Waals surface area (Å²) < 4.78 is 15.2. The first-order valence-electron chi connectivity index (χ1n) is 6.22. The average molecular weight is 258 g/mol. The molecule has 0 amide bonds. The van der Waals surface area contributed by atoms with Crippen molar-refractivity contribution in [2.45, 2.75) is 20.3 Å². The predicted molar refractivity (Wildman–Crippen MR) is 72.4 cm³/mol. The van der Waals surface area contributed by atoms with Crippen molar-refractivity contribution in [2.75, 3.05) is 40.3 Å². The van der Waals surface area contributed by atoms with E-state index in [-0.39, 0.29) is 18.8 Å². The van der Waals surface area contributed by atoms with Crippen molar-refractivity contribution in [1.82, 2.24) is 0 Å². The molecule has 18 heavy (non-hydrogen) atoms. The van der Waals surface area contributed by atoms with Crippen molar-refractivity contribution < 1.29 is 19.3 Å². The number of hydrogen-bond donors (Lipinski definition) is 1. The van der Waals surface area contributed by atoms with E-state index >= 15 is 0 Å². The van der Waals surface area contributed by atoms with Gasteiger partial charge in [-0.05, 0) is 11.8 Å². The molecule has 0 fully saturated rings. The molecule has 0 atom stereocenters. The van der Waals surface area contributed by atoms with Gasteiger partial charge in [0.1, 0.15) is 6.79 Å². The molecule has 0 aliphatic heterocycles. The monoisotopic (exact) mass is 258 g/mol. The molecular formula is C14H26O4. The number of rotatable bonds is 11. The Morgan fingerprint density at radius 2 is 1.89 bits per heavy atom. The highest BCUT2D eigenvalue weighted by molar-refractivity contribution is 5.07. The summed E-state index contributed by atoms with van der Waals surface area (Å²) in [6.45, 7) is 6.34. The zero-order chi connectivity index (χ0) is 13.7. The van der Waals surface area contributed by atoms with Gasteiger partial charge in [0.15, 0.2) is 0 Å². The van der Waals surface area contributed by atoms with Crippen LogP contribution in [0.3, 0.4) is 0 Å². The highest BCUT2D eigenvalue weighted by Gasteiger charge is 2.11. The molecular weight excluding hydrogens is 232 g/mol. The maximum absolute atomic E-state index is 8.87. The molecule has 0 heterocycles. The van der Waals surface area contributed by atoms with Gasteiger partial charge in [-0.1, -0.05) is 38.2 Å². The Labute approximate surface area is 110 Å². The van der Waals surface area contributed by atoms with E-state index in [1.54, 1.807) is 7.11 Å². The summed E-state index contributed by atoms with van der Waals surface area (Å²) in [7, 11) is 1.64. The van der Waals surface area contributed by atoms with Gasteiger partial charge < -0.3 is 19.3 Å². The zero-order valence-corrected chi connectivity index (χ0v) is 11.7. The van der Waals surface area contributed by atoms with Gasteiger partial charge in [-0.25, -0.2) is 0 Å². The number of hydrogen-bond acceptors (Lipinski definition) is 4. The molecule has 0 bridgehead atoms. The molecule has 0 unspecified atom stereocenters. The van der Waals surface area contributed by atoms with Crippen LogP contribution in [0.15, 0.2) is 24.3 Å². The van der Waals surface area contributed by atoms with E-state index in [1.807, 2.05) is 18.2 Å². The molecule has 0 aliphatic rings. The van der Waals surface area contributed by atoms with Crippen molar-refractivity contribution in [3.05, 3.63) is 24.3 Å². The maximum Gasteiger partial charge on any atom is 0.147 e. The van der Waals surface area contributed by atoms with E-state index in [4.69, 9.17) is 19.3 Å². The summed E-state index contributed by atoms with van der Waals surface area (Å²) in [6.07, 6.45) is 8.68. The molecule has 0 aromatic carbocycles. The van der Waals surface area contributed by atoms with Crippen molar-refractivity contribution in [2.24, 2.45) is 5.41 Å². The molecule has 0 aromatic heterocycles. The molecule has 4 heteroatoms. The minimum Gasteiger partial charge on any atom is -0.396 e. The lowest BCUT2D eigenvalue weighted by Crippen LogP contribution is -2.09. The van der Waals surface area contributed by atoms with Crippen molar-refractivity contribution >= 4 is 0 Å². The Balaban J connectivity index is 3.50. The van der Waals surface area contributed by atoms with E-state index in [9.17, 15) is 0 Å². The second-order valence-electron chi connectivity index (χ2n) is 4.64. The third-order valence-corrected chi connectivity index (χ3v) is 2.36. The van der Waals surface area contributed by atoms with Crippen LogP contribution in [-0.4, -0.2) is 45.4 Å². The lowest BCUT2D eigenvalue weighted by molar-refractivity contribution is -0.0571. The van der Waals surface area contributed by atoms with E-state index in [0.717, 1.165) is 6.42 Å². The molecule has 0 aromatic rings. The first-order valence-corrected chi connectivity index (χ1v) is 6.22. The van der Waals surface area contributed by atoms with Crippen LogP contribution in [0.5, 0.6) is 0 Å². The number of methoxy groups -OCH3 is 1. The van der Waals surface area contributed by atoms with E-state index in [0.29, 0.717) is 19.8 Å². The lowest BCUT2D eigenvalue weighted by Gasteiger charge is -2.17. The Morgan fingerprint density at radius 3 is 2.56 bits per heavy atom. The van der Waals surface area contributed by atoms with E-state index < -0.39 is 0 Å². The van der Waals surface area contributed by atoms with Crippen LogP contribution in [0.2, 0.25) is 0 Å². The standard InChI is InChI=1S/C14H26O4/c1-14(2,8-9-15)7-5-4-6-10-17-13-18-12-11-16-3/h4-7,15H,8-13H2,1-3H3/b6-4+,7-5+. The predicted octanol–water partition coefficient (Wildman–Crippen LogP) is 2.14. The molecule has 106 valence electrons. The van der Waals surface area contributed by atoms with Gasteiger partial charge in [0, 0.05) is 13.7 Å². The van der Waals surface area contributed by atoms with Gasteiger partial charge in [-0.2, -0.15) is 0 Å². The van der Waals surface area contributed by atoms with Gasteiger partial charge in [-0.3, -0.25) is 0 Å². The molecule has 0 rings (SSSR count). The van der Waals surface area contributed by atoms with Crippen LogP contribution in [0.4, 0.5) is 0 Å². The van der Waals surface area contributed by atoms with Crippen LogP contribution < -0.4 is 0 Å². The molecule has 1 N–H and O–H groups in total. The van der Waals surface area contributed by atoms with Crippen LogP contribution in [-0.2, 0) is 14.2 Å². The normalized spacial score (nSPS) is 12.9. The summed E-state index contributed by atoms with van der Waals surface area (Å²) in [5, 5.41) is 8.87. The number of ether oxygens (including phenoxy) is 3. The van der Waals surface area contributed by atoms with Crippen LogP contribution >= 0.6 is 0 Å². The van der Waals surface area contributed by atoms with Crippen LogP contribution in [0.1, 0.15) is 20.3 Å². The highest BCUT2D eigenvalue weighted by Crippen LogP contribution is 2.21.